The first kappa shape index (κ1) is 37.2. The van der Waals surface area contributed by atoms with Gasteiger partial charge >= 0.3 is 6.09 Å². The molecule has 4 aliphatic rings. The fourth-order valence-corrected chi connectivity index (χ4v) is 9.27. The average molecular weight is 757 g/mol. The maximum Gasteiger partial charge on any atom is 0.410 e. The average Bonchev–Trinajstić information content (AvgIpc) is 3.38. The second-order valence-electron chi connectivity index (χ2n) is 12.3. The van der Waals surface area contributed by atoms with Crippen molar-refractivity contribution in [1.29, 1.82) is 0 Å². The van der Waals surface area contributed by atoms with Gasteiger partial charge in [0.05, 0.1) is 28.4 Å². The van der Waals surface area contributed by atoms with E-state index in [0.717, 1.165) is 30.6 Å². The molecule has 0 bridgehead atoms. The Bertz CT molecular complexity index is 1660. The Balaban J connectivity index is 0.00000230. The van der Waals surface area contributed by atoms with Crippen LogP contribution in [0, 0.1) is 11.7 Å². The minimum atomic E-state index is -2.04. The molecule has 2 aromatic rings. The van der Waals surface area contributed by atoms with Gasteiger partial charge in [0.25, 0.3) is 5.91 Å². The highest BCUT2D eigenvalue weighted by molar-refractivity contribution is 7.84. The quantitative estimate of drug-likeness (QED) is 0.363. The second-order valence-corrected chi connectivity index (χ2v) is 15.8. The van der Waals surface area contributed by atoms with Gasteiger partial charge in [-0.1, -0.05) is 74.2 Å². The number of hydrogen-bond acceptors (Lipinski definition) is 8. The van der Waals surface area contributed by atoms with Gasteiger partial charge in [-0.15, -0.1) is 11.3 Å². The van der Waals surface area contributed by atoms with Crippen LogP contribution in [0.15, 0.2) is 41.3 Å². The van der Waals surface area contributed by atoms with Crippen molar-refractivity contribution in [2.24, 2.45) is 11.7 Å². The summed E-state index contributed by atoms with van der Waals surface area (Å²) in [5, 5.41) is 2.85. The molecule has 6 unspecified atom stereocenters. The van der Waals surface area contributed by atoms with Gasteiger partial charge in [0.15, 0.2) is 11.0 Å². The lowest BCUT2D eigenvalue weighted by atomic mass is 10.1. The van der Waals surface area contributed by atoms with Crippen molar-refractivity contribution in [1.82, 2.24) is 19.8 Å². The second kappa shape index (κ2) is 15.9. The van der Waals surface area contributed by atoms with Crippen LogP contribution in [0.2, 0.25) is 8.67 Å². The minimum Gasteiger partial charge on any atom is -0.444 e. The number of thiophene rings is 1. The van der Waals surface area contributed by atoms with Gasteiger partial charge in [0.2, 0.25) is 11.8 Å². The number of nitrogens with zero attached hydrogens (tertiary/aromatic N) is 2. The summed E-state index contributed by atoms with van der Waals surface area (Å²) in [4.78, 5) is 57.2. The molecule has 266 valence electrons. The van der Waals surface area contributed by atoms with Crippen LogP contribution in [0.3, 0.4) is 0 Å². The van der Waals surface area contributed by atoms with Gasteiger partial charge in [-0.2, -0.15) is 0 Å². The number of ether oxygens (including phenoxy) is 1. The number of fused-ring (bicyclic) bond motifs is 3. The van der Waals surface area contributed by atoms with Crippen LogP contribution < -0.4 is 15.8 Å². The molecule has 4 amide bonds. The van der Waals surface area contributed by atoms with E-state index in [4.69, 9.17) is 33.7 Å². The predicted octanol–water partition coefficient (Wildman–Crippen LogP) is 5.20. The Labute approximate surface area is 301 Å². The number of nitrogens with one attached hydrogen (secondary N) is 2. The zero-order valence-electron chi connectivity index (χ0n) is 27.2. The maximum atomic E-state index is 14.3. The van der Waals surface area contributed by atoms with E-state index in [1.165, 1.54) is 21.9 Å². The molecule has 0 radical (unpaired) electrons. The number of carbonyl (C=O) groups is 4. The van der Waals surface area contributed by atoms with Crippen LogP contribution in [-0.2, 0) is 43.2 Å². The fourth-order valence-electron chi connectivity index (χ4n) is 6.47. The molecule has 1 aliphatic carbocycles. The standard InChI is InChI=1S/C31H34Cl2FN5O6S2.C2H6/c32-25-12-24(26(33)46-25)47(44)37-29(42)31-13-18(31)8-4-2-1-3-5-10-22(35)28(41)39-15-19(11-23(39)27(40)36-31)45-30(43)38-14-17-7-6-9-21(34)20(17)16-38;1-2/h4,6-9,12,18-19,22-23H,1-3,5,10-11,13-16,35H2,(H,36,40)(H,37,42);1-2H3/b8-4-;. The van der Waals surface area contributed by atoms with Crippen molar-refractivity contribution in [2.45, 2.75) is 101 Å². The maximum absolute atomic E-state index is 14.3. The SMILES string of the molecule is CC.NC1CCCCC/C=C\C2CC2(C(=O)NS(=O)c2cc(Cl)sc2Cl)NC(=O)C2CC(OC(=O)N3Cc4cccc(F)c4C3)CN2C1=O. The normalized spacial score (nSPS) is 28.0. The summed E-state index contributed by atoms with van der Waals surface area (Å²) in [6, 6.07) is 4.11. The summed E-state index contributed by atoms with van der Waals surface area (Å²) in [7, 11) is -2.04. The van der Waals surface area contributed by atoms with E-state index in [1.807, 2.05) is 26.0 Å². The third-order valence-corrected chi connectivity index (χ3v) is 12.0. The first-order chi connectivity index (χ1) is 23.5. The lowest BCUT2D eigenvalue weighted by Crippen LogP contribution is -2.57. The van der Waals surface area contributed by atoms with E-state index in [0.29, 0.717) is 28.3 Å². The van der Waals surface area contributed by atoms with E-state index < -0.39 is 64.3 Å². The molecule has 4 heterocycles. The van der Waals surface area contributed by atoms with E-state index in [9.17, 15) is 27.8 Å². The summed E-state index contributed by atoms with van der Waals surface area (Å²) in [6.07, 6.45) is 6.09. The Morgan fingerprint density at radius 1 is 1.18 bits per heavy atom. The van der Waals surface area contributed by atoms with Crippen LogP contribution >= 0.6 is 34.5 Å². The molecule has 3 aliphatic heterocycles. The van der Waals surface area contributed by atoms with Crippen molar-refractivity contribution in [2.75, 3.05) is 6.54 Å². The van der Waals surface area contributed by atoms with Gasteiger partial charge in [0.1, 0.15) is 27.8 Å². The molecule has 1 saturated heterocycles. The topological polar surface area (TPSA) is 151 Å². The predicted molar refractivity (Wildman–Crippen MR) is 185 cm³/mol. The van der Waals surface area contributed by atoms with Crippen LogP contribution in [-0.4, -0.2) is 68.1 Å². The zero-order valence-corrected chi connectivity index (χ0v) is 30.4. The molecule has 1 aromatic carbocycles. The third kappa shape index (κ3) is 8.14. The van der Waals surface area contributed by atoms with Crippen molar-refractivity contribution in [3.63, 3.8) is 0 Å². The fraction of sp³-hybridized carbons (Fsp3) is 0.515. The van der Waals surface area contributed by atoms with Crippen molar-refractivity contribution in [3.05, 3.63) is 62.0 Å². The van der Waals surface area contributed by atoms with E-state index >= 15 is 0 Å². The van der Waals surface area contributed by atoms with Gasteiger partial charge in [-0.3, -0.25) is 24.0 Å². The molecule has 2 fully saturated rings. The number of carbonyl (C=O) groups excluding carboxylic acids is 4. The number of allylic oxidation sites excluding steroid dienone is 1. The Kier molecular flexibility index (Phi) is 12.1. The van der Waals surface area contributed by atoms with E-state index in [1.54, 1.807) is 12.1 Å². The Morgan fingerprint density at radius 2 is 1.96 bits per heavy atom. The van der Waals surface area contributed by atoms with Crippen LogP contribution in [0.5, 0.6) is 0 Å². The third-order valence-electron chi connectivity index (χ3n) is 9.15. The molecule has 1 aromatic heterocycles. The molecular weight excluding hydrogens is 716 g/mol. The molecule has 6 atom stereocenters. The molecule has 49 heavy (non-hydrogen) atoms. The highest BCUT2D eigenvalue weighted by atomic mass is 35.5. The molecule has 11 nitrogen and oxygen atoms in total. The van der Waals surface area contributed by atoms with Gasteiger partial charge in [-0.05, 0) is 43.4 Å². The molecule has 16 heteroatoms. The van der Waals surface area contributed by atoms with Crippen LogP contribution in [0.25, 0.3) is 0 Å². The summed E-state index contributed by atoms with van der Waals surface area (Å²) in [5.41, 5.74) is 5.98. The summed E-state index contributed by atoms with van der Waals surface area (Å²) in [6.45, 7) is 4.14. The van der Waals surface area contributed by atoms with Crippen LogP contribution in [0.1, 0.15) is 69.9 Å². The van der Waals surface area contributed by atoms with Gasteiger partial charge in [0, 0.05) is 24.4 Å². The molecule has 6 rings (SSSR count). The molecule has 1 saturated carbocycles. The Morgan fingerprint density at radius 3 is 2.67 bits per heavy atom. The monoisotopic (exact) mass is 755 g/mol. The van der Waals surface area contributed by atoms with E-state index in [-0.39, 0.29) is 47.6 Å². The number of benzene rings is 1. The highest BCUT2D eigenvalue weighted by Gasteiger charge is 2.61. The van der Waals surface area contributed by atoms with Crippen LogP contribution in [0.4, 0.5) is 9.18 Å². The summed E-state index contributed by atoms with van der Waals surface area (Å²) in [5.74, 6) is -2.53. The largest absolute Gasteiger partial charge is 0.444 e. The molecule has 0 spiro atoms. The van der Waals surface area contributed by atoms with Crippen molar-refractivity contribution in [3.8, 4) is 0 Å². The molecular formula is C33H40Cl2FN5O6S2. The smallest absolute Gasteiger partial charge is 0.410 e. The molecule has 4 N–H and O–H groups in total. The van der Waals surface area contributed by atoms with Gasteiger partial charge < -0.3 is 20.7 Å². The van der Waals surface area contributed by atoms with E-state index in [2.05, 4.69) is 10.0 Å². The number of nitrogens with two attached hydrogens (primary N) is 1. The zero-order chi connectivity index (χ0) is 35.5. The number of halogens is 3. The van der Waals surface area contributed by atoms with Gasteiger partial charge in [-0.25, -0.2) is 13.4 Å². The summed E-state index contributed by atoms with van der Waals surface area (Å²) < 4.78 is 36.0. The lowest BCUT2D eigenvalue weighted by Gasteiger charge is -2.28. The first-order valence-electron chi connectivity index (χ1n) is 16.4. The lowest BCUT2D eigenvalue weighted by molar-refractivity contribution is -0.140. The summed E-state index contributed by atoms with van der Waals surface area (Å²) >= 11 is 13.2. The van der Waals surface area contributed by atoms with Crippen molar-refractivity contribution < 1.29 is 32.5 Å². The number of hydrogen-bond donors (Lipinski definition) is 3. The number of rotatable bonds is 4. The number of amides is 4. The Hall–Kier alpha value is -3.04. The first-order valence-corrected chi connectivity index (χ1v) is 19.1. The minimum absolute atomic E-state index is 0.0294. The highest BCUT2D eigenvalue weighted by Crippen LogP contribution is 2.46. The van der Waals surface area contributed by atoms with Crippen molar-refractivity contribution >= 4 is 69.3 Å².